The number of rotatable bonds is 4. The van der Waals surface area contributed by atoms with Gasteiger partial charge in [0.1, 0.15) is 0 Å². The molecule has 0 bridgehead atoms. The number of likely N-dealkylation sites (N-methyl/N-ethyl adjacent to an activating group) is 1. The lowest BCUT2D eigenvalue weighted by atomic mass is 10.1. The van der Waals surface area contributed by atoms with Gasteiger partial charge in [-0.15, -0.1) is 0 Å². The summed E-state index contributed by atoms with van der Waals surface area (Å²) in [6, 6.07) is 9.15. The van der Waals surface area contributed by atoms with Gasteiger partial charge in [0.05, 0.1) is 0 Å². The Balaban J connectivity index is 1.84. The van der Waals surface area contributed by atoms with Crippen LogP contribution < -0.4 is 11.1 Å². The van der Waals surface area contributed by atoms with Crippen LogP contribution in [0, 0.1) is 0 Å². The summed E-state index contributed by atoms with van der Waals surface area (Å²) in [6.07, 6.45) is 1.26. The predicted octanol–water partition coefficient (Wildman–Crippen LogP) is 0.939. The first-order valence-electron chi connectivity index (χ1n) is 5.98. The number of nitrogens with zero attached hydrogens (tertiary/aromatic N) is 1. The van der Waals surface area contributed by atoms with Gasteiger partial charge in [-0.25, -0.2) is 0 Å². The van der Waals surface area contributed by atoms with Gasteiger partial charge >= 0.3 is 0 Å². The molecule has 3 N–H and O–H groups in total. The minimum Gasteiger partial charge on any atom is -0.326 e. The van der Waals surface area contributed by atoms with Gasteiger partial charge in [-0.1, -0.05) is 24.3 Å². The second kappa shape index (κ2) is 5.43. The Kier molecular flexibility index (Phi) is 3.93. The summed E-state index contributed by atoms with van der Waals surface area (Å²) in [7, 11) is 2.18. The number of hydrogen-bond acceptors (Lipinski definition) is 3. The maximum absolute atomic E-state index is 5.63. The highest BCUT2D eigenvalue weighted by Gasteiger charge is 2.18. The van der Waals surface area contributed by atoms with Gasteiger partial charge in [0.25, 0.3) is 0 Å². The molecule has 1 heterocycles. The molecule has 2 rings (SSSR count). The molecule has 1 unspecified atom stereocenters. The highest BCUT2D eigenvalue weighted by molar-refractivity contribution is 5.23. The van der Waals surface area contributed by atoms with Crippen molar-refractivity contribution in [3.63, 3.8) is 0 Å². The molecular weight excluding hydrogens is 198 g/mol. The minimum absolute atomic E-state index is 0.625. The van der Waals surface area contributed by atoms with E-state index >= 15 is 0 Å². The zero-order valence-electron chi connectivity index (χ0n) is 9.95. The van der Waals surface area contributed by atoms with Crippen molar-refractivity contribution in [2.75, 3.05) is 20.1 Å². The van der Waals surface area contributed by atoms with Gasteiger partial charge in [0.15, 0.2) is 0 Å². The Bertz CT molecular complexity index is 338. The van der Waals surface area contributed by atoms with Crippen molar-refractivity contribution in [1.29, 1.82) is 0 Å². The van der Waals surface area contributed by atoms with E-state index in [2.05, 4.69) is 41.5 Å². The average molecular weight is 219 g/mol. The van der Waals surface area contributed by atoms with Crippen LogP contribution in [0.4, 0.5) is 0 Å². The van der Waals surface area contributed by atoms with Crippen molar-refractivity contribution in [1.82, 2.24) is 10.2 Å². The maximum Gasteiger partial charge on any atom is 0.0210 e. The number of benzene rings is 1. The lowest BCUT2D eigenvalue weighted by Gasteiger charge is -2.13. The fourth-order valence-electron chi connectivity index (χ4n) is 2.23. The number of nitrogens with two attached hydrogens (primary N) is 1. The first kappa shape index (κ1) is 11.6. The third-order valence-electron chi connectivity index (χ3n) is 3.21. The van der Waals surface area contributed by atoms with Crippen molar-refractivity contribution < 1.29 is 0 Å². The fraction of sp³-hybridized carbons (Fsp3) is 0.538. The van der Waals surface area contributed by atoms with Gasteiger partial charge < -0.3 is 16.0 Å². The molecule has 16 heavy (non-hydrogen) atoms. The molecule has 0 aliphatic carbocycles. The minimum atomic E-state index is 0.625. The Morgan fingerprint density at radius 2 is 2.25 bits per heavy atom. The van der Waals surface area contributed by atoms with Crippen molar-refractivity contribution in [2.24, 2.45) is 5.73 Å². The normalized spacial score (nSPS) is 21.5. The van der Waals surface area contributed by atoms with E-state index < -0.39 is 0 Å². The summed E-state index contributed by atoms with van der Waals surface area (Å²) in [6.45, 7) is 3.95. The van der Waals surface area contributed by atoms with Gasteiger partial charge in [-0.05, 0) is 31.1 Å². The number of hydrogen-bond donors (Lipinski definition) is 2. The van der Waals surface area contributed by atoms with Crippen LogP contribution in [-0.4, -0.2) is 31.1 Å². The van der Waals surface area contributed by atoms with Crippen molar-refractivity contribution in [2.45, 2.75) is 25.6 Å². The van der Waals surface area contributed by atoms with Crippen LogP contribution in [0.3, 0.4) is 0 Å². The molecule has 1 aromatic carbocycles. The van der Waals surface area contributed by atoms with Crippen molar-refractivity contribution in [3.05, 3.63) is 35.4 Å². The highest BCUT2D eigenvalue weighted by Crippen LogP contribution is 2.09. The molecule has 1 aliphatic rings. The van der Waals surface area contributed by atoms with Crippen LogP contribution in [0.15, 0.2) is 24.3 Å². The molecule has 1 aliphatic heterocycles. The van der Waals surface area contributed by atoms with E-state index in [-0.39, 0.29) is 0 Å². The van der Waals surface area contributed by atoms with E-state index in [0.29, 0.717) is 12.6 Å². The topological polar surface area (TPSA) is 41.3 Å². The van der Waals surface area contributed by atoms with E-state index in [1.54, 1.807) is 0 Å². The Labute approximate surface area is 97.6 Å². The molecule has 1 atom stereocenters. The summed E-state index contributed by atoms with van der Waals surface area (Å²) < 4.78 is 0. The lowest BCUT2D eigenvalue weighted by molar-refractivity contribution is 0.397. The van der Waals surface area contributed by atoms with Crippen molar-refractivity contribution in [3.8, 4) is 0 Å². The zero-order valence-corrected chi connectivity index (χ0v) is 9.95. The quantitative estimate of drug-likeness (QED) is 0.792. The highest BCUT2D eigenvalue weighted by atomic mass is 15.2. The molecule has 1 fully saturated rings. The van der Waals surface area contributed by atoms with Gasteiger partial charge in [-0.2, -0.15) is 0 Å². The second-order valence-corrected chi connectivity index (χ2v) is 4.65. The number of likely N-dealkylation sites (tertiary alicyclic amines) is 1. The summed E-state index contributed by atoms with van der Waals surface area (Å²) in [5.74, 6) is 0. The van der Waals surface area contributed by atoms with Crippen LogP contribution in [-0.2, 0) is 13.1 Å². The van der Waals surface area contributed by atoms with Gasteiger partial charge in [0, 0.05) is 25.7 Å². The lowest BCUT2D eigenvalue weighted by Crippen LogP contribution is -2.30. The SMILES string of the molecule is CN1CCC(NCc2cccc(CN)c2)C1. The first-order chi connectivity index (χ1) is 7.78. The van der Waals surface area contributed by atoms with Crippen LogP contribution in [0.2, 0.25) is 0 Å². The molecule has 3 heteroatoms. The number of nitrogens with one attached hydrogen (secondary N) is 1. The molecule has 1 saturated heterocycles. The average Bonchev–Trinajstić information content (AvgIpc) is 2.73. The van der Waals surface area contributed by atoms with Gasteiger partial charge in [-0.3, -0.25) is 0 Å². The van der Waals surface area contributed by atoms with Crippen LogP contribution in [0.25, 0.3) is 0 Å². The van der Waals surface area contributed by atoms with E-state index in [9.17, 15) is 0 Å². The van der Waals surface area contributed by atoms with Crippen LogP contribution in [0.1, 0.15) is 17.5 Å². The molecular formula is C13H21N3. The molecule has 0 radical (unpaired) electrons. The molecule has 1 aromatic rings. The molecule has 88 valence electrons. The predicted molar refractivity (Wildman–Crippen MR) is 67.1 cm³/mol. The van der Waals surface area contributed by atoms with E-state index in [1.807, 2.05) is 0 Å². The zero-order chi connectivity index (χ0) is 11.4. The Hall–Kier alpha value is -0.900. The monoisotopic (exact) mass is 219 g/mol. The van der Waals surface area contributed by atoms with E-state index in [4.69, 9.17) is 5.73 Å². The van der Waals surface area contributed by atoms with E-state index in [0.717, 1.165) is 13.1 Å². The van der Waals surface area contributed by atoms with Crippen molar-refractivity contribution >= 4 is 0 Å². The van der Waals surface area contributed by atoms with Crippen LogP contribution in [0.5, 0.6) is 0 Å². The summed E-state index contributed by atoms with van der Waals surface area (Å²) in [4.78, 5) is 2.37. The third kappa shape index (κ3) is 3.04. The van der Waals surface area contributed by atoms with Gasteiger partial charge in [0.2, 0.25) is 0 Å². The Morgan fingerprint density at radius 3 is 2.94 bits per heavy atom. The second-order valence-electron chi connectivity index (χ2n) is 4.65. The molecule has 0 aromatic heterocycles. The smallest absolute Gasteiger partial charge is 0.0210 e. The fourth-order valence-corrected chi connectivity index (χ4v) is 2.23. The molecule has 0 amide bonds. The molecule has 0 saturated carbocycles. The first-order valence-corrected chi connectivity index (χ1v) is 5.98. The summed E-state index contributed by atoms with van der Waals surface area (Å²) in [5.41, 5.74) is 8.17. The van der Waals surface area contributed by atoms with E-state index in [1.165, 1.54) is 24.1 Å². The standard InChI is InChI=1S/C13H21N3/c1-16-6-5-13(10-16)15-9-12-4-2-3-11(7-12)8-14/h2-4,7,13,15H,5-6,8-10,14H2,1H3. The maximum atomic E-state index is 5.63. The summed E-state index contributed by atoms with van der Waals surface area (Å²) in [5, 5.41) is 3.60. The van der Waals surface area contributed by atoms with Crippen LogP contribution >= 0.6 is 0 Å². The molecule has 3 nitrogen and oxygen atoms in total. The largest absolute Gasteiger partial charge is 0.326 e. The molecule has 0 spiro atoms. The Morgan fingerprint density at radius 1 is 1.44 bits per heavy atom. The third-order valence-corrected chi connectivity index (χ3v) is 3.21. The summed E-state index contributed by atoms with van der Waals surface area (Å²) >= 11 is 0.